The molecule has 0 unspecified atom stereocenters. The van der Waals surface area contributed by atoms with Crippen LogP contribution >= 0.6 is 22.6 Å². The van der Waals surface area contributed by atoms with Crippen molar-refractivity contribution in [2.24, 2.45) is 0 Å². The van der Waals surface area contributed by atoms with Gasteiger partial charge in [-0.05, 0) is 29.5 Å². The van der Waals surface area contributed by atoms with Crippen molar-refractivity contribution in [3.63, 3.8) is 0 Å². The van der Waals surface area contributed by atoms with E-state index in [1.807, 2.05) is 11.5 Å². The van der Waals surface area contributed by atoms with Crippen molar-refractivity contribution >= 4 is 39.7 Å². The predicted octanol–water partition coefficient (Wildman–Crippen LogP) is 1.67. The van der Waals surface area contributed by atoms with Crippen LogP contribution in [-0.4, -0.2) is 37.7 Å². The number of imidazole rings is 1. The summed E-state index contributed by atoms with van der Waals surface area (Å²) in [4.78, 5) is 23.8. The van der Waals surface area contributed by atoms with Crippen molar-refractivity contribution < 1.29 is 14.3 Å². The van der Waals surface area contributed by atoms with E-state index in [-0.39, 0.29) is 24.4 Å². The molecule has 1 aliphatic rings. The highest BCUT2D eigenvalue weighted by molar-refractivity contribution is 14.1. The van der Waals surface area contributed by atoms with E-state index in [2.05, 4.69) is 37.5 Å². The molecular weight excluding hydrogens is 375 g/mol. The quantitative estimate of drug-likeness (QED) is 0.443. The third-order valence-corrected chi connectivity index (χ3v) is 4.06. The summed E-state index contributed by atoms with van der Waals surface area (Å²) in [7, 11) is 0. The number of hydrogen-bond donors (Lipinski definition) is 0. The number of ether oxygens (including phenoxy) is 2. The molecule has 106 valence electrons. The molecule has 1 fully saturated rings. The fourth-order valence-corrected chi connectivity index (χ4v) is 2.86. The average molecular weight is 388 g/mol. The molecule has 0 N–H and O–H groups in total. The SMILES string of the molecule is CC(=O)O[C@H]1C[C@H](n2cnc3c(I)ncnc32)O[C@@H]1C. The number of fused-ring (bicyclic) bond motifs is 1. The van der Waals surface area contributed by atoms with Crippen molar-refractivity contribution in [1.29, 1.82) is 0 Å². The predicted molar refractivity (Wildman–Crippen MR) is 77.8 cm³/mol. The standard InChI is InChI=1S/C12H13IN4O3/c1-6-8(20-7(2)18)3-9(19-6)17-5-16-10-11(13)14-4-15-12(10)17/h4-6,8-9H,3H2,1-2H3/t6-,8+,9-/m1/s1. The molecule has 8 heteroatoms. The molecule has 2 aromatic heterocycles. The van der Waals surface area contributed by atoms with Crippen molar-refractivity contribution in [2.45, 2.75) is 38.7 Å². The molecule has 0 saturated carbocycles. The Hall–Kier alpha value is -1.29. The van der Waals surface area contributed by atoms with E-state index in [0.29, 0.717) is 6.42 Å². The molecule has 3 rings (SSSR count). The number of carbonyl (C=O) groups excluding carboxylic acids is 1. The van der Waals surface area contributed by atoms with Gasteiger partial charge in [0.25, 0.3) is 0 Å². The van der Waals surface area contributed by atoms with E-state index >= 15 is 0 Å². The summed E-state index contributed by atoms with van der Waals surface area (Å²) in [5.74, 6) is -0.293. The maximum Gasteiger partial charge on any atom is 0.302 e. The van der Waals surface area contributed by atoms with Crippen molar-refractivity contribution in [1.82, 2.24) is 19.5 Å². The monoisotopic (exact) mass is 388 g/mol. The van der Waals surface area contributed by atoms with Crippen LogP contribution in [0.3, 0.4) is 0 Å². The first kappa shape index (κ1) is 13.7. The lowest BCUT2D eigenvalue weighted by Crippen LogP contribution is -2.23. The van der Waals surface area contributed by atoms with Gasteiger partial charge in [-0.25, -0.2) is 15.0 Å². The molecule has 1 aliphatic heterocycles. The Morgan fingerprint density at radius 3 is 3.05 bits per heavy atom. The molecule has 3 atom stereocenters. The summed E-state index contributed by atoms with van der Waals surface area (Å²) >= 11 is 2.12. The van der Waals surface area contributed by atoms with Gasteiger partial charge in [0.15, 0.2) is 5.65 Å². The topological polar surface area (TPSA) is 79.1 Å². The van der Waals surface area contributed by atoms with Gasteiger partial charge in [0.2, 0.25) is 0 Å². The van der Waals surface area contributed by atoms with Gasteiger partial charge in [0.05, 0.1) is 12.4 Å². The molecular formula is C12H13IN4O3. The second-order valence-electron chi connectivity index (χ2n) is 4.67. The van der Waals surface area contributed by atoms with Gasteiger partial charge in [-0.2, -0.15) is 0 Å². The second kappa shape index (κ2) is 5.24. The van der Waals surface area contributed by atoms with E-state index in [4.69, 9.17) is 9.47 Å². The van der Waals surface area contributed by atoms with Crippen LogP contribution in [0, 0.1) is 3.70 Å². The van der Waals surface area contributed by atoms with Gasteiger partial charge < -0.3 is 9.47 Å². The number of nitrogens with zero attached hydrogens (tertiary/aromatic N) is 4. The van der Waals surface area contributed by atoms with E-state index in [1.54, 1.807) is 6.33 Å². The third kappa shape index (κ3) is 2.37. The van der Waals surface area contributed by atoms with Gasteiger partial charge in [-0.1, -0.05) is 0 Å². The van der Waals surface area contributed by atoms with Crippen molar-refractivity contribution in [2.75, 3.05) is 0 Å². The number of carbonyl (C=O) groups is 1. The smallest absolute Gasteiger partial charge is 0.302 e. The zero-order valence-electron chi connectivity index (χ0n) is 11.0. The van der Waals surface area contributed by atoms with Crippen LogP contribution in [-0.2, 0) is 14.3 Å². The molecule has 20 heavy (non-hydrogen) atoms. The molecule has 0 radical (unpaired) electrons. The van der Waals surface area contributed by atoms with Crippen LogP contribution in [0.2, 0.25) is 0 Å². The fraction of sp³-hybridized carbons (Fsp3) is 0.500. The number of esters is 1. The highest BCUT2D eigenvalue weighted by Gasteiger charge is 2.36. The van der Waals surface area contributed by atoms with Crippen LogP contribution in [0.5, 0.6) is 0 Å². The van der Waals surface area contributed by atoms with Crippen LogP contribution < -0.4 is 0 Å². The Kier molecular flexibility index (Phi) is 3.59. The normalized spacial score (nSPS) is 26.1. The molecule has 0 spiro atoms. The van der Waals surface area contributed by atoms with E-state index in [9.17, 15) is 4.79 Å². The molecule has 1 saturated heterocycles. The van der Waals surface area contributed by atoms with E-state index in [0.717, 1.165) is 14.9 Å². The van der Waals surface area contributed by atoms with E-state index < -0.39 is 0 Å². The van der Waals surface area contributed by atoms with Gasteiger partial charge in [0.1, 0.15) is 27.9 Å². The minimum atomic E-state index is -0.293. The van der Waals surface area contributed by atoms with Gasteiger partial charge in [-0.15, -0.1) is 0 Å². The number of hydrogen-bond acceptors (Lipinski definition) is 6. The molecule has 0 bridgehead atoms. The van der Waals surface area contributed by atoms with Gasteiger partial charge in [0, 0.05) is 13.3 Å². The minimum Gasteiger partial charge on any atom is -0.460 e. The summed E-state index contributed by atoms with van der Waals surface area (Å²) in [6, 6.07) is 0. The first-order chi connectivity index (χ1) is 9.56. The Morgan fingerprint density at radius 2 is 2.30 bits per heavy atom. The lowest BCUT2D eigenvalue weighted by Gasteiger charge is -2.12. The molecule has 0 amide bonds. The molecule has 7 nitrogen and oxygen atoms in total. The van der Waals surface area contributed by atoms with Gasteiger partial charge in [-0.3, -0.25) is 9.36 Å². The van der Waals surface area contributed by atoms with Crippen LogP contribution in [0.15, 0.2) is 12.7 Å². The average Bonchev–Trinajstić information content (AvgIpc) is 2.94. The maximum absolute atomic E-state index is 11.1. The lowest BCUT2D eigenvalue weighted by atomic mass is 10.2. The highest BCUT2D eigenvalue weighted by atomic mass is 127. The zero-order valence-corrected chi connectivity index (χ0v) is 13.1. The lowest BCUT2D eigenvalue weighted by molar-refractivity contribution is -0.148. The maximum atomic E-state index is 11.1. The third-order valence-electron chi connectivity index (χ3n) is 3.27. The Balaban J connectivity index is 1.89. The second-order valence-corrected chi connectivity index (χ2v) is 5.69. The first-order valence-electron chi connectivity index (χ1n) is 6.22. The van der Waals surface area contributed by atoms with Crippen LogP contribution in [0.25, 0.3) is 11.2 Å². The largest absolute Gasteiger partial charge is 0.460 e. The van der Waals surface area contributed by atoms with Gasteiger partial charge >= 0.3 is 5.97 Å². The zero-order chi connectivity index (χ0) is 14.3. The summed E-state index contributed by atoms with van der Waals surface area (Å²) in [5.41, 5.74) is 1.48. The summed E-state index contributed by atoms with van der Waals surface area (Å²) in [5, 5.41) is 0. The number of rotatable bonds is 2. The van der Waals surface area contributed by atoms with E-state index in [1.165, 1.54) is 13.3 Å². The Morgan fingerprint density at radius 1 is 1.50 bits per heavy atom. The molecule has 0 aliphatic carbocycles. The molecule has 2 aromatic rings. The van der Waals surface area contributed by atoms with Crippen molar-refractivity contribution in [3.8, 4) is 0 Å². The molecule has 0 aromatic carbocycles. The van der Waals surface area contributed by atoms with Crippen molar-refractivity contribution in [3.05, 3.63) is 16.4 Å². The Bertz CT molecular complexity index is 659. The highest BCUT2D eigenvalue weighted by Crippen LogP contribution is 2.32. The summed E-state index contributed by atoms with van der Waals surface area (Å²) in [6.45, 7) is 3.30. The summed E-state index contributed by atoms with van der Waals surface area (Å²) in [6.07, 6.45) is 3.16. The fourth-order valence-electron chi connectivity index (χ4n) is 2.35. The Labute approximate surface area is 128 Å². The summed E-state index contributed by atoms with van der Waals surface area (Å²) < 4.78 is 13.8. The molecule has 3 heterocycles. The van der Waals surface area contributed by atoms with Crippen LogP contribution in [0.4, 0.5) is 0 Å². The first-order valence-corrected chi connectivity index (χ1v) is 7.30. The minimum absolute atomic E-state index is 0.151. The number of halogens is 1. The number of aromatic nitrogens is 4. The van der Waals surface area contributed by atoms with Crippen LogP contribution in [0.1, 0.15) is 26.5 Å².